The predicted octanol–water partition coefficient (Wildman–Crippen LogP) is 0.998. The molecule has 2 heteroatoms. The predicted molar refractivity (Wildman–Crippen MR) is 35.0 cm³/mol. The molecule has 8 heavy (non-hydrogen) atoms. The molecular formula is C6H16O2. The van der Waals surface area contributed by atoms with Crippen LogP contribution in [0.4, 0.5) is 0 Å². The maximum absolute atomic E-state index is 5.07. The standard InChI is InChI=1S/C6H14O.H2O/c1-3-5-6-7-4-2;/h3-6H2,1-2H3;1H2. The van der Waals surface area contributed by atoms with Gasteiger partial charge in [-0.05, 0) is 13.3 Å². The van der Waals surface area contributed by atoms with Gasteiger partial charge in [0.05, 0.1) is 0 Å². The first kappa shape index (κ1) is 10.8. The zero-order valence-electron chi connectivity index (χ0n) is 5.74. The molecule has 0 saturated heterocycles. The summed E-state index contributed by atoms with van der Waals surface area (Å²) in [5.41, 5.74) is 0. The largest absolute Gasteiger partial charge is 0.412 e. The summed E-state index contributed by atoms with van der Waals surface area (Å²) in [6.07, 6.45) is 2.44. The minimum atomic E-state index is 0. The Balaban J connectivity index is 0. The lowest BCUT2D eigenvalue weighted by molar-refractivity contribution is 0.144. The number of unbranched alkanes of at least 4 members (excludes halogenated alkanes) is 1. The Morgan fingerprint density at radius 3 is 2.25 bits per heavy atom. The SMILES string of the molecule is CCCCOCC.O. The van der Waals surface area contributed by atoms with Gasteiger partial charge in [-0.2, -0.15) is 0 Å². The second-order valence-electron chi connectivity index (χ2n) is 1.55. The van der Waals surface area contributed by atoms with E-state index in [1.807, 2.05) is 6.92 Å². The highest BCUT2D eigenvalue weighted by Gasteiger charge is 1.78. The Morgan fingerprint density at radius 2 is 1.88 bits per heavy atom. The summed E-state index contributed by atoms with van der Waals surface area (Å²) in [5, 5.41) is 0. The van der Waals surface area contributed by atoms with E-state index in [9.17, 15) is 0 Å². The Labute approximate surface area is 51.2 Å². The molecule has 0 unspecified atom stereocenters. The van der Waals surface area contributed by atoms with Crippen molar-refractivity contribution in [3.05, 3.63) is 0 Å². The molecule has 2 nitrogen and oxygen atoms in total. The van der Waals surface area contributed by atoms with Gasteiger partial charge < -0.3 is 10.2 Å². The molecule has 0 aromatic rings. The van der Waals surface area contributed by atoms with E-state index in [0.717, 1.165) is 13.2 Å². The highest BCUT2D eigenvalue weighted by Crippen LogP contribution is 1.85. The van der Waals surface area contributed by atoms with Crippen LogP contribution in [0.2, 0.25) is 0 Å². The molecule has 0 rings (SSSR count). The molecule has 0 bridgehead atoms. The van der Waals surface area contributed by atoms with Gasteiger partial charge in [0.25, 0.3) is 0 Å². The van der Waals surface area contributed by atoms with Gasteiger partial charge in [0, 0.05) is 13.2 Å². The number of hydrogen-bond acceptors (Lipinski definition) is 1. The maximum atomic E-state index is 5.07. The van der Waals surface area contributed by atoms with E-state index in [-0.39, 0.29) is 5.48 Å². The van der Waals surface area contributed by atoms with Crippen LogP contribution in [0.25, 0.3) is 0 Å². The number of rotatable bonds is 4. The lowest BCUT2D eigenvalue weighted by Crippen LogP contribution is -1.90. The van der Waals surface area contributed by atoms with E-state index in [0.29, 0.717) is 0 Å². The second-order valence-corrected chi connectivity index (χ2v) is 1.55. The fourth-order valence-electron chi connectivity index (χ4n) is 0.391. The van der Waals surface area contributed by atoms with Gasteiger partial charge in [0.1, 0.15) is 0 Å². The molecule has 0 spiro atoms. The summed E-state index contributed by atoms with van der Waals surface area (Å²) >= 11 is 0. The normalized spacial score (nSPS) is 8.25. The van der Waals surface area contributed by atoms with Crippen molar-refractivity contribution >= 4 is 0 Å². The molecule has 0 amide bonds. The van der Waals surface area contributed by atoms with Gasteiger partial charge in [-0.15, -0.1) is 0 Å². The maximum Gasteiger partial charge on any atom is 0.0465 e. The van der Waals surface area contributed by atoms with Crippen molar-refractivity contribution in [1.82, 2.24) is 0 Å². The lowest BCUT2D eigenvalue weighted by Gasteiger charge is -1.94. The first-order valence-corrected chi connectivity index (χ1v) is 2.99. The third kappa shape index (κ3) is 9.33. The first-order valence-electron chi connectivity index (χ1n) is 2.99. The molecule has 0 aliphatic heterocycles. The molecule has 0 radical (unpaired) electrons. The first-order chi connectivity index (χ1) is 3.41. The van der Waals surface area contributed by atoms with Gasteiger partial charge >= 0.3 is 0 Å². The van der Waals surface area contributed by atoms with Gasteiger partial charge in [0.2, 0.25) is 0 Å². The van der Waals surface area contributed by atoms with E-state index in [1.165, 1.54) is 12.8 Å². The van der Waals surface area contributed by atoms with E-state index in [1.54, 1.807) is 0 Å². The molecule has 0 saturated carbocycles. The second kappa shape index (κ2) is 10.0. The van der Waals surface area contributed by atoms with E-state index < -0.39 is 0 Å². The Hall–Kier alpha value is -0.0800. The minimum absolute atomic E-state index is 0. The van der Waals surface area contributed by atoms with E-state index in [4.69, 9.17) is 4.74 Å². The van der Waals surface area contributed by atoms with E-state index >= 15 is 0 Å². The molecule has 52 valence electrons. The third-order valence-corrected chi connectivity index (χ3v) is 0.846. The number of ether oxygens (including phenoxy) is 1. The Morgan fingerprint density at radius 1 is 1.25 bits per heavy atom. The van der Waals surface area contributed by atoms with Crippen molar-refractivity contribution in [1.29, 1.82) is 0 Å². The molecule has 0 aliphatic carbocycles. The summed E-state index contributed by atoms with van der Waals surface area (Å²) in [4.78, 5) is 0. The van der Waals surface area contributed by atoms with Crippen LogP contribution in [0, 0.1) is 0 Å². The van der Waals surface area contributed by atoms with Crippen LogP contribution < -0.4 is 0 Å². The Bertz CT molecular complexity index is 25.7. The zero-order chi connectivity index (χ0) is 5.54. The topological polar surface area (TPSA) is 40.7 Å². The van der Waals surface area contributed by atoms with Gasteiger partial charge in [0.15, 0.2) is 0 Å². The molecule has 2 N–H and O–H groups in total. The summed E-state index contributed by atoms with van der Waals surface area (Å²) in [7, 11) is 0. The summed E-state index contributed by atoms with van der Waals surface area (Å²) in [6.45, 7) is 5.99. The molecule has 0 atom stereocenters. The molecular weight excluding hydrogens is 104 g/mol. The average molecular weight is 120 g/mol. The van der Waals surface area contributed by atoms with Crippen molar-refractivity contribution < 1.29 is 10.2 Å². The number of hydrogen-bond donors (Lipinski definition) is 0. The fourth-order valence-corrected chi connectivity index (χ4v) is 0.391. The highest BCUT2D eigenvalue weighted by molar-refractivity contribution is 4.28. The molecule has 0 aromatic carbocycles. The van der Waals surface area contributed by atoms with Crippen LogP contribution in [-0.2, 0) is 4.74 Å². The molecule has 0 fully saturated rings. The van der Waals surface area contributed by atoms with E-state index in [2.05, 4.69) is 6.92 Å². The molecule has 0 aliphatic rings. The monoisotopic (exact) mass is 120 g/mol. The lowest BCUT2D eigenvalue weighted by atomic mass is 10.4. The van der Waals surface area contributed by atoms with Crippen LogP contribution in [0.5, 0.6) is 0 Å². The smallest absolute Gasteiger partial charge is 0.0465 e. The summed E-state index contributed by atoms with van der Waals surface area (Å²) < 4.78 is 5.07. The van der Waals surface area contributed by atoms with Crippen molar-refractivity contribution in [2.24, 2.45) is 0 Å². The van der Waals surface area contributed by atoms with Crippen LogP contribution >= 0.6 is 0 Å². The highest BCUT2D eigenvalue weighted by atomic mass is 16.5. The van der Waals surface area contributed by atoms with Crippen LogP contribution in [0.3, 0.4) is 0 Å². The summed E-state index contributed by atoms with van der Waals surface area (Å²) in [5.74, 6) is 0. The van der Waals surface area contributed by atoms with Crippen molar-refractivity contribution in [2.75, 3.05) is 13.2 Å². The Kier molecular flexibility index (Phi) is 13.6. The molecule has 0 heterocycles. The van der Waals surface area contributed by atoms with Crippen molar-refractivity contribution in [2.45, 2.75) is 26.7 Å². The summed E-state index contributed by atoms with van der Waals surface area (Å²) in [6, 6.07) is 0. The van der Waals surface area contributed by atoms with Gasteiger partial charge in [-0.25, -0.2) is 0 Å². The van der Waals surface area contributed by atoms with Crippen LogP contribution in [-0.4, -0.2) is 18.7 Å². The zero-order valence-corrected chi connectivity index (χ0v) is 5.74. The van der Waals surface area contributed by atoms with Crippen molar-refractivity contribution in [3.8, 4) is 0 Å². The minimum Gasteiger partial charge on any atom is -0.412 e. The fraction of sp³-hybridized carbons (Fsp3) is 1.00. The third-order valence-electron chi connectivity index (χ3n) is 0.846. The van der Waals surface area contributed by atoms with Gasteiger partial charge in [-0.1, -0.05) is 13.3 Å². The molecule has 0 aromatic heterocycles. The van der Waals surface area contributed by atoms with Gasteiger partial charge in [-0.3, -0.25) is 0 Å². The average Bonchev–Trinajstić information content (AvgIpc) is 1.69. The van der Waals surface area contributed by atoms with Crippen LogP contribution in [0.15, 0.2) is 0 Å². The van der Waals surface area contributed by atoms with Crippen LogP contribution in [0.1, 0.15) is 26.7 Å². The van der Waals surface area contributed by atoms with Crippen molar-refractivity contribution in [3.63, 3.8) is 0 Å². The quantitative estimate of drug-likeness (QED) is 0.510.